The average molecular weight is 436 g/mol. The van der Waals surface area contributed by atoms with E-state index >= 15 is 0 Å². The van der Waals surface area contributed by atoms with E-state index in [1.165, 1.54) is 20.8 Å². The van der Waals surface area contributed by atoms with Gasteiger partial charge < -0.3 is 4.48 Å². The Balaban J connectivity index is 3.03. The molecular formula is C15H19BF2N2O6S2. The van der Waals surface area contributed by atoms with Crippen LogP contribution in [0, 0.1) is 13.8 Å². The van der Waals surface area contributed by atoms with Crippen LogP contribution in [0.2, 0.25) is 0 Å². The Morgan fingerprint density at radius 2 is 1.61 bits per heavy atom. The minimum absolute atomic E-state index is 0.0134. The Hall–Kier alpha value is -1.83. The number of hydrogen-bond donors (Lipinski definition) is 2. The quantitative estimate of drug-likeness (QED) is 0.540. The molecule has 2 N–H and O–H groups in total. The summed E-state index contributed by atoms with van der Waals surface area (Å²) in [5.41, 5.74) is -0.379. The molecule has 28 heavy (non-hydrogen) atoms. The first-order chi connectivity index (χ1) is 12.6. The van der Waals surface area contributed by atoms with Gasteiger partial charge in [0.05, 0.1) is 11.4 Å². The maximum Gasteiger partial charge on any atom is 0.677 e. The van der Waals surface area contributed by atoms with Crippen molar-refractivity contribution in [1.82, 2.24) is 4.48 Å². The van der Waals surface area contributed by atoms with Gasteiger partial charge in [0.15, 0.2) is 0 Å². The van der Waals surface area contributed by atoms with E-state index in [4.69, 9.17) is 0 Å². The first kappa shape index (κ1) is 22.5. The van der Waals surface area contributed by atoms with E-state index < -0.39 is 37.4 Å². The lowest BCUT2D eigenvalue weighted by Gasteiger charge is -2.14. The SMILES string of the molecule is CC/C(=C1/N=C(C)C(S(=O)(=O)O)=C1C)c1c(C)c(S(=O)(=O)O)c(C)n1B(F)F. The molecule has 0 spiro atoms. The summed E-state index contributed by atoms with van der Waals surface area (Å²) in [5, 5.41) is 0. The highest BCUT2D eigenvalue weighted by atomic mass is 32.2. The highest BCUT2D eigenvalue weighted by molar-refractivity contribution is 7.91. The number of halogens is 2. The van der Waals surface area contributed by atoms with Crippen LogP contribution in [-0.4, -0.2) is 43.5 Å². The molecule has 0 aromatic carbocycles. The molecule has 0 bridgehead atoms. The highest BCUT2D eigenvalue weighted by Crippen LogP contribution is 2.39. The molecule has 2 heterocycles. The van der Waals surface area contributed by atoms with Crippen LogP contribution in [0.5, 0.6) is 0 Å². The number of rotatable bonds is 5. The Kier molecular flexibility index (Phi) is 5.78. The third kappa shape index (κ3) is 3.59. The molecule has 0 saturated carbocycles. The molecule has 154 valence electrons. The van der Waals surface area contributed by atoms with Crippen LogP contribution < -0.4 is 0 Å². The standard InChI is InChI=1S/C15H19BF2N2O6S2/c1-6-11(12-7(2)14(9(4)19-12)27(21,22)23)13-8(3)15(28(24,25)26)10(5)20(13)16(17)18/h6H2,1-5H3,(H,21,22,23)(H,24,25,26)/b12-11-. The zero-order chi connectivity index (χ0) is 21.8. The van der Waals surface area contributed by atoms with E-state index in [-0.39, 0.29) is 45.9 Å². The molecular weight excluding hydrogens is 417 g/mol. The normalized spacial score (nSPS) is 17.2. The number of hydrogen-bond acceptors (Lipinski definition) is 5. The first-order valence-electron chi connectivity index (χ1n) is 8.09. The van der Waals surface area contributed by atoms with Gasteiger partial charge in [-0.25, -0.2) is 0 Å². The Labute approximate surface area is 162 Å². The Morgan fingerprint density at radius 3 is 1.96 bits per heavy atom. The third-order valence-corrected chi connectivity index (χ3v) is 6.80. The van der Waals surface area contributed by atoms with Gasteiger partial charge in [-0.1, -0.05) is 6.92 Å². The van der Waals surface area contributed by atoms with Gasteiger partial charge in [0.1, 0.15) is 9.80 Å². The van der Waals surface area contributed by atoms with Crippen molar-refractivity contribution in [3.63, 3.8) is 0 Å². The monoisotopic (exact) mass is 436 g/mol. The van der Waals surface area contributed by atoms with Gasteiger partial charge in [-0.2, -0.15) is 16.8 Å². The smallest absolute Gasteiger partial charge is 0.328 e. The minimum Gasteiger partial charge on any atom is -0.328 e. The van der Waals surface area contributed by atoms with Crippen molar-refractivity contribution in [2.45, 2.75) is 45.9 Å². The fourth-order valence-electron chi connectivity index (χ4n) is 3.63. The van der Waals surface area contributed by atoms with Crippen molar-refractivity contribution < 1.29 is 34.6 Å². The average Bonchev–Trinajstić information content (AvgIpc) is 2.93. The maximum absolute atomic E-state index is 13.8. The lowest BCUT2D eigenvalue weighted by molar-refractivity contribution is 0.481. The molecule has 1 aliphatic rings. The molecule has 1 aromatic heterocycles. The van der Waals surface area contributed by atoms with Gasteiger partial charge in [0.25, 0.3) is 20.2 Å². The molecule has 0 amide bonds. The summed E-state index contributed by atoms with van der Waals surface area (Å²) in [7, 11) is -12.5. The predicted molar refractivity (Wildman–Crippen MR) is 102 cm³/mol. The summed E-state index contributed by atoms with van der Waals surface area (Å²) in [6.07, 6.45) is 0.101. The summed E-state index contributed by atoms with van der Waals surface area (Å²) in [6, 6.07) is 0. The number of allylic oxidation sites excluding steroid dienone is 3. The molecule has 2 rings (SSSR count). The lowest BCUT2D eigenvalue weighted by atomic mass is 9.99. The molecule has 0 fully saturated rings. The van der Waals surface area contributed by atoms with Crippen LogP contribution >= 0.6 is 0 Å². The van der Waals surface area contributed by atoms with E-state index in [0.29, 0.717) is 4.48 Å². The van der Waals surface area contributed by atoms with Crippen LogP contribution in [0.25, 0.3) is 5.57 Å². The molecule has 0 unspecified atom stereocenters. The number of aromatic nitrogens is 1. The second-order valence-electron chi connectivity index (χ2n) is 6.32. The van der Waals surface area contributed by atoms with Gasteiger partial charge >= 0.3 is 7.40 Å². The number of nitrogens with zero attached hydrogens (tertiary/aromatic N) is 2. The molecule has 0 aliphatic carbocycles. The first-order valence-corrected chi connectivity index (χ1v) is 11.0. The summed E-state index contributed by atoms with van der Waals surface area (Å²) in [5.74, 6) is 0. The van der Waals surface area contributed by atoms with Crippen LogP contribution in [0.4, 0.5) is 8.63 Å². The van der Waals surface area contributed by atoms with E-state index in [2.05, 4.69) is 4.99 Å². The van der Waals surface area contributed by atoms with Crippen LogP contribution in [0.3, 0.4) is 0 Å². The fraction of sp³-hybridized carbons (Fsp3) is 0.400. The van der Waals surface area contributed by atoms with E-state index in [0.717, 1.165) is 6.92 Å². The number of aliphatic imine (C=N–C) groups is 1. The van der Waals surface area contributed by atoms with Gasteiger partial charge in [-0.3, -0.25) is 22.7 Å². The lowest BCUT2D eigenvalue weighted by Crippen LogP contribution is -2.18. The van der Waals surface area contributed by atoms with Crippen molar-refractivity contribution >= 4 is 38.9 Å². The highest BCUT2D eigenvalue weighted by Gasteiger charge is 2.36. The second-order valence-corrected chi connectivity index (χ2v) is 9.03. The van der Waals surface area contributed by atoms with Gasteiger partial charge in [-0.05, 0) is 45.3 Å². The van der Waals surface area contributed by atoms with Crippen LogP contribution in [0.1, 0.15) is 44.1 Å². The van der Waals surface area contributed by atoms with Crippen molar-refractivity contribution in [2.24, 2.45) is 4.99 Å². The van der Waals surface area contributed by atoms with Crippen LogP contribution in [0.15, 0.2) is 26.1 Å². The largest absolute Gasteiger partial charge is 0.677 e. The van der Waals surface area contributed by atoms with E-state index in [1.54, 1.807) is 6.92 Å². The summed E-state index contributed by atoms with van der Waals surface area (Å²) >= 11 is 0. The minimum atomic E-state index is -4.78. The van der Waals surface area contributed by atoms with Crippen molar-refractivity contribution in [3.05, 3.63) is 33.1 Å². The van der Waals surface area contributed by atoms with E-state index in [1.807, 2.05) is 0 Å². The second kappa shape index (κ2) is 7.21. The Morgan fingerprint density at radius 1 is 1.07 bits per heavy atom. The molecule has 0 radical (unpaired) electrons. The van der Waals surface area contributed by atoms with Gasteiger partial charge in [0, 0.05) is 17.0 Å². The summed E-state index contributed by atoms with van der Waals surface area (Å²) in [6.45, 7) is 6.74. The molecule has 0 atom stereocenters. The molecule has 1 aromatic rings. The summed E-state index contributed by atoms with van der Waals surface area (Å²) in [4.78, 5) is 3.06. The molecule has 13 heteroatoms. The predicted octanol–water partition coefficient (Wildman–Crippen LogP) is 2.88. The fourth-order valence-corrected chi connectivity index (χ4v) is 5.49. The van der Waals surface area contributed by atoms with Crippen molar-refractivity contribution in [2.75, 3.05) is 0 Å². The molecule has 0 saturated heterocycles. The van der Waals surface area contributed by atoms with Gasteiger partial charge in [-0.15, -0.1) is 0 Å². The maximum atomic E-state index is 13.8. The molecule has 8 nitrogen and oxygen atoms in total. The Bertz CT molecular complexity index is 1160. The van der Waals surface area contributed by atoms with Crippen molar-refractivity contribution in [1.29, 1.82) is 0 Å². The topological polar surface area (TPSA) is 126 Å². The van der Waals surface area contributed by atoms with E-state index in [9.17, 15) is 34.6 Å². The van der Waals surface area contributed by atoms with Crippen LogP contribution in [-0.2, 0) is 20.2 Å². The zero-order valence-electron chi connectivity index (χ0n) is 15.8. The molecule has 1 aliphatic heterocycles. The van der Waals surface area contributed by atoms with Crippen molar-refractivity contribution in [3.8, 4) is 0 Å². The summed E-state index contributed by atoms with van der Waals surface area (Å²) < 4.78 is 93.6. The third-order valence-electron chi connectivity index (χ3n) is 4.57. The zero-order valence-corrected chi connectivity index (χ0v) is 17.4. The van der Waals surface area contributed by atoms with Gasteiger partial charge in [0.2, 0.25) is 0 Å².